The third-order valence-electron chi connectivity index (χ3n) is 6.57. The summed E-state index contributed by atoms with van der Waals surface area (Å²) in [6.07, 6.45) is 4.95. The lowest BCUT2D eigenvalue weighted by Gasteiger charge is -2.35. The molecule has 2 heterocycles. The zero-order valence-corrected chi connectivity index (χ0v) is 20.6. The first kappa shape index (κ1) is 24.7. The molecule has 7 nitrogen and oxygen atoms in total. The second kappa shape index (κ2) is 9.91. The van der Waals surface area contributed by atoms with E-state index in [4.69, 9.17) is 0 Å². The van der Waals surface area contributed by atoms with E-state index in [2.05, 4.69) is 5.32 Å². The first-order valence-corrected chi connectivity index (χ1v) is 13.2. The van der Waals surface area contributed by atoms with Gasteiger partial charge in [-0.05, 0) is 56.4 Å². The van der Waals surface area contributed by atoms with Gasteiger partial charge in [0.1, 0.15) is 0 Å². The number of amides is 2. The number of rotatable bonds is 5. The molecule has 2 aliphatic heterocycles. The van der Waals surface area contributed by atoms with Crippen molar-refractivity contribution < 1.29 is 18.0 Å². The predicted octanol–water partition coefficient (Wildman–Crippen LogP) is 3.86. The Morgan fingerprint density at radius 3 is 2.19 bits per heavy atom. The third kappa shape index (κ3) is 5.52. The summed E-state index contributed by atoms with van der Waals surface area (Å²) in [7, 11) is -3.53. The molecule has 8 heteroatoms. The molecule has 0 spiro atoms. The first-order chi connectivity index (χ1) is 15.0. The molecule has 178 valence electrons. The van der Waals surface area contributed by atoms with Gasteiger partial charge in [-0.1, -0.05) is 34.1 Å². The molecule has 1 aromatic carbocycles. The first-order valence-electron chi connectivity index (χ1n) is 11.8. The fourth-order valence-corrected chi connectivity index (χ4v) is 6.37. The Balaban J connectivity index is 1.59. The molecule has 0 aliphatic carbocycles. The highest BCUT2D eigenvalue weighted by atomic mass is 32.2. The summed E-state index contributed by atoms with van der Waals surface area (Å²) in [6, 6.07) is 6.54. The maximum absolute atomic E-state index is 13.1. The number of carbonyl (C=O) groups is 2. The minimum atomic E-state index is -3.53. The van der Waals surface area contributed by atoms with Crippen LogP contribution in [0.5, 0.6) is 0 Å². The van der Waals surface area contributed by atoms with Crippen LogP contribution < -0.4 is 5.32 Å². The topological polar surface area (TPSA) is 86.8 Å². The van der Waals surface area contributed by atoms with Crippen molar-refractivity contribution in [3.63, 3.8) is 0 Å². The lowest BCUT2D eigenvalue weighted by atomic mass is 9.90. The Morgan fingerprint density at radius 2 is 1.62 bits per heavy atom. The third-order valence-corrected chi connectivity index (χ3v) is 8.53. The Bertz CT molecular complexity index is 914. The maximum atomic E-state index is 13.1. The van der Waals surface area contributed by atoms with Crippen molar-refractivity contribution in [2.45, 2.75) is 77.2 Å². The lowest BCUT2D eigenvalue weighted by Crippen LogP contribution is -2.45. The monoisotopic (exact) mass is 463 g/mol. The number of anilines is 1. The van der Waals surface area contributed by atoms with E-state index in [9.17, 15) is 18.0 Å². The fourth-order valence-electron chi connectivity index (χ4n) is 4.61. The molecule has 0 bridgehead atoms. The van der Waals surface area contributed by atoms with Gasteiger partial charge >= 0.3 is 0 Å². The van der Waals surface area contributed by atoms with E-state index in [1.165, 1.54) is 0 Å². The number of nitrogens with one attached hydrogen (secondary N) is 1. The van der Waals surface area contributed by atoms with E-state index < -0.39 is 15.4 Å². The summed E-state index contributed by atoms with van der Waals surface area (Å²) < 4.78 is 27.8. The van der Waals surface area contributed by atoms with Crippen LogP contribution >= 0.6 is 0 Å². The van der Waals surface area contributed by atoms with Gasteiger partial charge in [-0.2, -0.15) is 4.31 Å². The molecule has 32 heavy (non-hydrogen) atoms. The SMILES string of the molecule is CCC1CCCCN1S(=O)(=O)c1ccc(NC(=O)C2CCN(C(=O)C(C)(C)C)CC2)cc1. The molecule has 0 radical (unpaired) electrons. The van der Waals surface area contributed by atoms with Crippen molar-refractivity contribution >= 4 is 27.5 Å². The van der Waals surface area contributed by atoms with Gasteiger partial charge in [-0.25, -0.2) is 8.42 Å². The van der Waals surface area contributed by atoms with Crippen molar-refractivity contribution in [1.29, 1.82) is 0 Å². The Hall–Kier alpha value is -1.93. The minimum absolute atomic E-state index is 0.0594. The number of nitrogens with zero attached hydrogens (tertiary/aromatic N) is 2. The van der Waals surface area contributed by atoms with Crippen molar-refractivity contribution in [2.24, 2.45) is 11.3 Å². The number of hydrogen-bond acceptors (Lipinski definition) is 4. The van der Waals surface area contributed by atoms with Crippen LogP contribution in [0, 0.1) is 11.3 Å². The molecule has 2 fully saturated rings. The largest absolute Gasteiger partial charge is 0.342 e. The van der Waals surface area contributed by atoms with Gasteiger partial charge in [0.05, 0.1) is 4.90 Å². The average molecular weight is 464 g/mol. The van der Waals surface area contributed by atoms with Crippen LogP contribution in [0.25, 0.3) is 0 Å². The molecule has 1 aromatic rings. The van der Waals surface area contributed by atoms with Crippen molar-refractivity contribution in [1.82, 2.24) is 9.21 Å². The van der Waals surface area contributed by atoms with Crippen LogP contribution in [-0.4, -0.2) is 55.1 Å². The highest BCUT2D eigenvalue weighted by molar-refractivity contribution is 7.89. The highest BCUT2D eigenvalue weighted by Crippen LogP contribution is 2.28. The maximum Gasteiger partial charge on any atom is 0.243 e. The number of sulfonamides is 1. The van der Waals surface area contributed by atoms with Crippen molar-refractivity contribution in [3.05, 3.63) is 24.3 Å². The summed E-state index contributed by atoms with van der Waals surface area (Å²) in [5, 5.41) is 2.91. The number of hydrogen-bond donors (Lipinski definition) is 1. The van der Waals surface area contributed by atoms with Gasteiger partial charge in [0.25, 0.3) is 0 Å². The van der Waals surface area contributed by atoms with Gasteiger partial charge in [-0.15, -0.1) is 0 Å². The van der Waals surface area contributed by atoms with Crippen molar-refractivity contribution in [3.8, 4) is 0 Å². The van der Waals surface area contributed by atoms with Crippen molar-refractivity contribution in [2.75, 3.05) is 25.0 Å². The van der Waals surface area contributed by atoms with Gasteiger partial charge < -0.3 is 10.2 Å². The molecule has 2 amide bonds. The quantitative estimate of drug-likeness (QED) is 0.718. The van der Waals surface area contributed by atoms with E-state index >= 15 is 0 Å². The summed E-state index contributed by atoms with van der Waals surface area (Å²) in [6.45, 7) is 9.49. The van der Waals surface area contributed by atoms with Gasteiger partial charge in [0.15, 0.2) is 0 Å². The molecule has 1 N–H and O–H groups in total. The number of benzene rings is 1. The van der Waals surface area contributed by atoms with E-state index in [1.807, 2.05) is 32.6 Å². The van der Waals surface area contributed by atoms with Gasteiger partial charge in [-0.3, -0.25) is 9.59 Å². The lowest BCUT2D eigenvalue weighted by molar-refractivity contribution is -0.142. The van der Waals surface area contributed by atoms with E-state index in [1.54, 1.807) is 28.6 Å². The Labute approximate surface area is 192 Å². The summed E-state index contributed by atoms with van der Waals surface area (Å²) in [5.41, 5.74) is 0.176. The fraction of sp³-hybridized carbons (Fsp3) is 0.667. The molecular formula is C24H37N3O4S. The number of piperidine rings is 2. The zero-order valence-electron chi connectivity index (χ0n) is 19.8. The molecule has 1 atom stereocenters. The predicted molar refractivity (Wildman–Crippen MR) is 126 cm³/mol. The normalized spacial score (nSPS) is 21.4. The zero-order chi connectivity index (χ0) is 23.5. The molecule has 1 unspecified atom stereocenters. The smallest absolute Gasteiger partial charge is 0.243 e. The molecule has 2 saturated heterocycles. The highest BCUT2D eigenvalue weighted by Gasteiger charge is 2.34. The van der Waals surface area contributed by atoms with Crippen LogP contribution in [0.3, 0.4) is 0 Å². The van der Waals surface area contributed by atoms with Crippen LogP contribution in [0.4, 0.5) is 5.69 Å². The average Bonchev–Trinajstić information content (AvgIpc) is 2.78. The summed E-state index contributed by atoms with van der Waals surface area (Å²) in [5.74, 6) is -0.112. The standard InChI is InChI=1S/C24H37N3O4S/c1-5-20-8-6-7-15-27(20)32(30,31)21-11-9-19(10-12-21)25-22(28)18-13-16-26(17-14-18)23(29)24(2,3)4/h9-12,18,20H,5-8,13-17H2,1-4H3,(H,25,28). The molecule has 0 saturated carbocycles. The molecule has 3 rings (SSSR count). The van der Waals surface area contributed by atoms with Gasteiger partial charge in [0.2, 0.25) is 21.8 Å². The van der Waals surface area contributed by atoms with Crippen LogP contribution in [-0.2, 0) is 19.6 Å². The molecular weight excluding hydrogens is 426 g/mol. The van der Waals surface area contributed by atoms with E-state index in [0.717, 1.165) is 25.7 Å². The second-order valence-electron chi connectivity index (χ2n) is 10.0. The second-order valence-corrected chi connectivity index (χ2v) is 11.9. The van der Waals surface area contributed by atoms with E-state index in [0.29, 0.717) is 38.2 Å². The van der Waals surface area contributed by atoms with Gasteiger partial charge in [0, 0.05) is 42.7 Å². The minimum Gasteiger partial charge on any atom is -0.342 e. The van der Waals surface area contributed by atoms with Crippen LogP contribution in [0.2, 0.25) is 0 Å². The molecule has 0 aromatic heterocycles. The van der Waals surface area contributed by atoms with Crippen LogP contribution in [0.15, 0.2) is 29.2 Å². The Morgan fingerprint density at radius 1 is 1.00 bits per heavy atom. The number of carbonyl (C=O) groups excluding carboxylic acids is 2. The van der Waals surface area contributed by atoms with E-state index in [-0.39, 0.29) is 28.7 Å². The molecule has 2 aliphatic rings. The summed E-state index contributed by atoms with van der Waals surface area (Å²) in [4.78, 5) is 27.2. The Kier molecular flexibility index (Phi) is 7.65. The van der Waals surface area contributed by atoms with Crippen LogP contribution in [0.1, 0.15) is 66.2 Å². The summed E-state index contributed by atoms with van der Waals surface area (Å²) >= 11 is 0. The number of likely N-dealkylation sites (tertiary alicyclic amines) is 1.